The van der Waals surface area contributed by atoms with Crippen LogP contribution in [0.25, 0.3) is 0 Å². The minimum absolute atomic E-state index is 0.158. The number of rotatable bonds is 8. The largest absolute Gasteiger partial charge is 0.333 e. The molecule has 2 aromatic rings. The monoisotopic (exact) mass is 415 g/mol. The molecule has 0 atom stereocenters. The fourth-order valence-corrected chi connectivity index (χ4v) is 4.99. The number of nitrogens with zero attached hydrogens (tertiary/aromatic N) is 3. The van der Waals surface area contributed by atoms with E-state index in [9.17, 15) is 13.2 Å². The number of carbonyl (C=O) groups is 1. The summed E-state index contributed by atoms with van der Waals surface area (Å²) < 4.78 is 27.3. The van der Waals surface area contributed by atoms with E-state index in [1.165, 1.54) is 10.4 Å². The first kappa shape index (κ1) is 21.5. The van der Waals surface area contributed by atoms with Crippen molar-refractivity contribution in [2.75, 3.05) is 40.3 Å². The molecule has 0 N–H and O–H groups in total. The van der Waals surface area contributed by atoms with Crippen LogP contribution >= 0.6 is 0 Å². The predicted octanol–water partition coefficient (Wildman–Crippen LogP) is 2.68. The highest BCUT2D eigenvalue weighted by Gasteiger charge is 2.28. The molecule has 0 aliphatic carbocycles. The van der Waals surface area contributed by atoms with E-state index >= 15 is 0 Å². The van der Waals surface area contributed by atoms with E-state index in [0.29, 0.717) is 31.7 Å². The second kappa shape index (κ2) is 9.52. The van der Waals surface area contributed by atoms with Crippen LogP contribution in [0.3, 0.4) is 0 Å². The fourth-order valence-electron chi connectivity index (χ4n) is 3.43. The summed E-state index contributed by atoms with van der Waals surface area (Å²) in [7, 11) is 0.383. The smallest absolute Gasteiger partial charge is 0.254 e. The van der Waals surface area contributed by atoms with Gasteiger partial charge in [0.15, 0.2) is 0 Å². The molecule has 1 aliphatic rings. The quantitative estimate of drug-likeness (QED) is 0.665. The summed E-state index contributed by atoms with van der Waals surface area (Å²) in [5, 5.41) is 0. The van der Waals surface area contributed by atoms with Gasteiger partial charge in [-0.05, 0) is 50.7 Å². The van der Waals surface area contributed by atoms with Crippen molar-refractivity contribution >= 4 is 15.9 Å². The van der Waals surface area contributed by atoms with Crippen LogP contribution in [0, 0.1) is 0 Å². The SMILES string of the molecule is CN(C)CCN(Cc1ccccc1)C(=O)c1cccc(S(=O)(=O)N2CCCC2)c1. The molecular formula is C22H29N3O3S. The molecule has 1 amide bonds. The molecule has 0 spiro atoms. The zero-order valence-electron chi connectivity index (χ0n) is 17.1. The molecule has 0 saturated carbocycles. The van der Waals surface area contributed by atoms with Crippen LogP contribution in [0.15, 0.2) is 59.5 Å². The Morgan fingerprint density at radius 2 is 1.66 bits per heavy atom. The van der Waals surface area contributed by atoms with Gasteiger partial charge in [-0.1, -0.05) is 36.4 Å². The summed E-state index contributed by atoms with van der Waals surface area (Å²) in [4.78, 5) is 17.3. The molecule has 1 aliphatic heterocycles. The van der Waals surface area contributed by atoms with Crippen LogP contribution in [-0.4, -0.2) is 68.7 Å². The number of likely N-dealkylation sites (N-methyl/N-ethyl adjacent to an activating group) is 1. The van der Waals surface area contributed by atoms with Crippen molar-refractivity contribution in [3.8, 4) is 0 Å². The second-order valence-corrected chi connectivity index (χ2v) is 9.59. The Hall–Kier alpha value is -2.22. The molecular weight excluding hydrogens is 386 g/mol. The van der Waals surface area contributed by atoms with Crippen LogP contribution in [0.1, 0.15) is 28.8 Å². The predicted molar refractivity (Wildman–Crippen MR) is 114 cm³/mol. The van der Waals surface area contributed by atoms with Gasteiger partial charge in [0.25, 0.3) is 5.91 Å². The summed E-state index contributed by atoms with van der Waals surface area (Å²) >= 11 is 0. The molecule has 1 fully saturated rings. The molecule has 0 unspecified atom stereocenters. The van der Waals surface area contributed by atoms with Crippen molar-refractivity contribution < 1.29 is 13.2 Å². The lowest BCUT2D eigenvalue weighted by Crippen LogP contribution is -2.36. The molecule has 156 valence electrons. The third-order valence-electron chi connectivity index (χ3n) is 5.10. The summed E-state index contributed by atoms with van der Waals surface area (Å²) in [6.07, 6.45) is 1.76. The van der Waals surface area contributed by atoms with Gasteiger partial charge in [0.05, 0.1) is 4.90 Å². The topological polar surface area (TPSA) is 60.9 Å². The first-order valence-electron chi connectivity index (χ1n) is 9.96. The minimum atomic E-state index is -3.55. The van der Waals surface area contributed by atoms with Crippen LogP contribution in [0.5, 0.6) is 0 Å². The molecule has 0 radical (unpaired) electrons. The average molecular weight is 416 g/mol. The normalized spacial score (nSPS) is 15.0. The summed E-state index contributed by atoms with van der Waals surface area (Å²) in [6.45, 7) is 2.86. The number of hydrogen-bond donors (Lipinski definition) is 0. The molecule has 6 nitrogen and oxygen atoms in total. The highest BCUT2D eigenvalue weighted by molar-refractivity contribution is 7.89. The Labute approximate surface area is 173 Å². The van der Waals surface area contributed by atoms with E-state index in [0.717, 1.165) is 24.9 Å². The summed E-state index contributed by atoms with van der Waals surface area (Å²) in [5.74, 6) is -0.158. The Bertz CT molecular complexity index is 923. The third kappa shape index (κ3) is 5.44. The Kier molecular flexibility index (Phi) is 7.05. The molecule has 3 rings (SSSR count). The molecule has 1 saturated heterocycles. The van der Waals surface area contributed by atoms with Crippen LogP contribution in [-0.2, 0) is 16.6 Å². The van der Waals surface area contributed by atoms with Crippen LogP contribution < -0.4 is 0 Å². The van der Waals surface area contributed by atoms with Crippen molar-refractivity contribution in [3.05, 3.63) is 65.7 Å². The number of hydrogen-bond acceptors (Lipinski definition) is 4. The molecule has 29 heavy (non-hydrogen) atoms. The number of benzene rings is 2. The lowest BCUT2D eigenvalue weighted by Gasteiger charge is -2.25. The van der Waals surface area contributed by atoms with E-state index in [1.807, 2.05) is 49.3 Å². The van der Waals surface area contributed by atoms with E-state index in [4.69, 9.17) is 0 Å². The fraction of sp³-hybridized carbons (Fsp3) is 0.409. The van der Waals surface area contributed by atoms with E-state index in [-0.39, 0.29) is 10.8 Å². The van der Waals surface area contributed by atoms with Crippen molar-refractivity contribution in [2.24, 2.45) is 0 Å². The molecule has 1 heterocycles. The van der Waals surface area contributed by atoms with Gasteiger partial charge >= 0.3 is 0 Å². The standard InChI is InChI=1S/C22H29N3O3S/c1-23(2)15-16-24(18-19-9-4-3-5-10-19)22(26)20-11-8-12-21(17-20)29(27,28)25-13-6-7-14-25/h3-5,8-12,17H,6-7,13-16,18H2,1-2H3. The molecule has 0 aromatic heterocycles. The molecule has 2 aromatic carbocycles. The number of sulfonamides is 1. The lowest BCUT2D eigenvalue weighted by molar-refractivity contribution is 0.0731. The van der Waals surface area contributed by atoms with Gasteiger partial charge in [0.2, 0.25) is 10.0 Å². The van der Waals surface area contributed by atoms with Gasteiger partial charge in [-0.15, -0.1) is 0 Å². The zero-order chi connectivity index (χ0) is 20.9. The van der Waals surface area contributed by atoms with Crippen molar-refractivity contribution in [3.63, 3.8) is 0 Å². The minimum Gasteiger partial charge on any atom is -0.333 e. The van der Waals surface area contributed by atoms with Gasteiger partial charge in [-0.2, -0.15) is 4.31 Å². The third-order valence-corrected chi connectivity index (χ3v) is 7.00. The first-order valence-corrected chi connectivity index (χ1v) is 11.4. The maximum absolute atomic E-state index is 13.3. The van der Waals surface area contributed by atoms with Gasteiger partial charge in [-0.3, -0.25) is 4.79 Å². The van der Waals surface area contributed by atoms with Crippen molar-refractivity contribution in [1.29, 1.82) is 0 Å². The van der Waals surface area contributed by atoms with Gasteiger partial charge in [-0.25, -0.2) is 8.42 Å². The first-order chi connectivity index (χ1) is 13.9. The Morgan fingerprint density at radius 1 is 0.966 bits per heavy atom. The van der Waals surface area contributed by atoms with Crippen molar-refractivity contribution in [2.45, 2.75) is 24.3 Å². The average Bonchev–Trinajstić information content (AvgIpc) is 3.27. The number of amides is 1. The molecule has 0 bridgehead atoms. The number of carbonyl (C=O) groups excluding carboxylic acids is 1. The van der Waals surface area contributed by atoms with Crippen molar-refractivity contribution in [1.82, 2.24) is 14.1 Å². The second-order valence-electron chi connectivity index (χ2n) is 7.65. The Balaban J connectivity index is 1.85. The molecule has 7 heteroatoms. The van der Waals surface area contributed by atoms with Crippen LogP contribution in [0.4, 0.5) is 0 Å². The van der Waals surface area contributed by atoms with Gasteiger partial charge in [0, 0.05) is 38.3 Å². The highest BCUT2D eigenvalue weighted by atomic mass is 32.2. The van der Waals surface area contributed by atoms with E-state index in [2.05, 4.69) is 0 Å². The maximum atomic E-state index is 13.3. The maximum Gasteiger partial charge on any atom is 0.254 e. The summed E-state index contributed by atoms with van der Waals surface area (Å²) in [5.41, 5.74) is 1.44. The highest BCUT2D eigenvalue weighted by Crippen LogP contribution is 2.22. The Morgan fingerprint density at radius 3 is 2.31 bits per heavy atom. The van der Waals surface area contributed by atoms with Crippen LogP contribution in [0.2, 0.25) is 0 Å². The lowest BCUT2D eigenvalue weighted by atomic mass is 10.1. The van der Waals surface area contributed by atoms with E-state index in [1.54, 1.807) is 23.1 Å². The summed E-state index contributed by atoms with van der Waals surface area (Å²) in [6, 6.07) is 16.3. The van der Waals surface area contributed by atoms with Gasteiger partial charge < -0.3 is 9.80 Å². The van der Waals surface area contributed by atoms with Gasteiger partial charge in [0.1, 0.15) is 0 Å². The zero-order valence-corrected chi connectivity index (χ0v) is 17.9. The van der Waals surface area contributed by atoms with E-state index < -0.39 is 10.0 Å².